The van der Waals surface area contributed by atoms with Gasteiger partial charge in [-0.1, -0.05) is 0 Å². The number of ether oxygens (including phenoxy) is 1. The summed E-state index contributed by atoms with van der Waals surface area (Å²) in [6.45, 7) is 2.82. The van der Waals surface area contributed by atoms with Crippen molar-refractivity contribution in [2.75, 3.05) is 13.7 Å². The molecule has 72 valence electrons. The lowest BCUT2D eigenvalue weighted by Crippen LogP contribution is -2.43. The number of carbonyl (C=O) groups excluding carboxylic acids is 1. The Morgan fingerprint density at radius 3 is 2.08 bits per heavy atom. The van der Waals surface area contributed by atoms with Crippen LogP contribution in [0.3, 0.4) is 0 Å². The predicted molar refractivity (Wildman–Crippen MR) is 42.1 cm³/mol. The highest BCUT2D eigenvalue weighted by Gasteiger charge is 2.19. The molecular weight excluding hydrogens is 162 g/mol. The van der Waals surface area contributed by atoms with Gasteiger partial charge in [-0.25, -0.2) is 4.90 Å². The molecule has 2 atom stereocenters. The van der Waals surface area contributed by atoms with Crippen molar-refractivity contribution in [1.82, 2.24) is 4.90 Å². The minimum Gasteiger partial charge on any atom is -0.468 e. The van der Waals surface area contributed by atoms with Crippen LogP contribution in [-0.2, 0) is 9.53 Å². The number of hydrogen-bond donors (Lipinski definition) is 2. The van der Waals surface area contributed by atoms with Gasteiger partial charge >= 0.3 is 5.97 Å². The molecule has 0 aliphatic carbocycles. The second kappa shape index (κ2) is 5.08. The van der Waals surface area contributed by atoms with Crippen molar-refractivity contribution in [1.29, 1.82) is 0 Å². The lowest BCUT2D eigenvalue weighted by atomic mass is 10.4. The van der Waals surface area contributed by atoms with E-state index in [1.807, 2.05) is 0 Å². The van der Waals surface area contributed by atoms with Gasteiger partial charge in [0.05, 0.1) is 7.11 Å². The molecule has 0 amide bonds. The van der Waals surface area contributed by atoms with Crippen LogP contribution in [0.2, 0.25) is 0 Å². The Balaban J connectivity index is 4.05. The van der Waals surface area contributed by atoms with Gasteiger partial charge in [0.15, 0.2) is 0 Å². The fourth-order valence-electron chi connectivity index (χ4n) is 0.790. The van der Waals surface area contributed by atoms with Crippen LogP contribution < -0.4 is 0 Å². The van der Waals surface area contributed by atoms with Gasteiger partial charge in [-0.15, -0.1) is 0 Å². The number of methoxy groups -OCH3 is 1. The Labute approximate surface area is 71.6 Å². The van der Waals surface area contributed by atoms with E-state index in [0.29, 0.717) is 0 Å². The third-order valence-electron chi connectivity index (χ3n) is 1.50. The zero-order valence-corrected chi connectivity index (χ0v) is 7.52. The molecule has 0 saturated carbocycles. The molecule has 0 aromatic carbocycles. The molecule has 5 nitrogen and oxygen atoms in total. The van der Waals surface area contributed by atoms with E-state index in [1.54, 1.807) is 0 Å². The first kappa shape index (κ1) is 11.4. The molecule has 0 aliphatic heterocycles. The number of aliphatic hydroxyl groups is 2. The predicted octanol–water partition coefficient (Wildman–Crippen LogP) is -0.862. The number of rotatable bonds is 4. The van der Waals surface area contributed by atoms with E-state index in [1.165, 1.54) is 25.9 Å². The summed E-state index contributed by atoms with van der Waals surface area (Å²) in [4.78, 5) is 11.9. The largest absolute Gasteiger partial charge is 0.468 e. The second-order valence-corrected chi connectivity index (χ2v) is 2.51. The fraction of sp³-hybridized carbons (Fsp3) is 0.857. The van der Waals surface area contributed by atoms with Crippen LogP contribution in [0.15, 0.2) is 0 Å². The quantitative estimate of drug-likeness (QED) is 0.432. The summed E-state index contributed by atoms with van der Waals surface area (Å²) < 4.78 is 4.38. The zero-order valence-electron chi connectivity index (χ0n) is 7.52. The van der Waals surface area contributed by atoms with Gasteiger partial charge in [-0.05, 0) is 13.8 Å². The highest BCUT2D eigenvalue weighted by Crippen LogP contribution is 2.00. The maximum atomic E-state index is 10.7. The zero-order chi connectivity index (χ0) is 9.72. The summed E-state index contributed by atoms with van der Waals surface area (Å²) in [6.07, 6.45) is -1.74. The van der Waals surface area contributed by atoms with Crippen molar-refractivity contribution >= 4 is 5.97 Å². The summed E-state index contributed by atoms with van der Waals surface area (Å²) in [6, 6.07) is 0. The van der Waals surface area contributed by atoms with E-state index in [0.717, 1.165) is 0 Å². The average molecular weight is 177 g/mol. The third-order valence-corrected chi connectivity index (χ3v) is 1.50. The summed E-state index contributed by atoms with van der Waals surface area (Å²) in [7, 11) is 1.25. The minimum atomic E-state index is -0.871. The minimum absolute atomic E-state index is 0.119. The summed E-state index contributed by atoms with van der Waals surface area (Å²) in [5.74, 6) is -0.489. The molecule has 0 heterocycles. The number of esters is 1. The van der Waals surface area contributed by atoms with Crippen molar-refractivity contribution in [2.45, 2.75) is 26.3 Å². The van der Waals surface area contributed by atoms with E-state index in [4.69, 9.17) is 10.2 Å². The fourth-order valence-corrected chi connectivity index (χ4v) is 0.790. The van der Waals surface area contributed by atoms with Gasteiger partial charge in [0.25, 0.3) is 0 Å². The van der Waals surface area contributed by atoms with Crippen LogP contribution in [0.5, 0.6) is 0 Å². The molecule has 0 spiro atoms. The Morgan fingerprint density at radius 1 is 1.42 bits per heavy atom. The monoisotopic (exact) mass is 177 g/mol. The van der Waals surface area contributed by atoms with Crippen LogP contribution in [-0.4, -0.2) is 47.2 Å². The highest BCUT2D eigenvalue weighted by atomic mass is 16.5. The normalized spacial score (nSPS) is 15.8. The lowest BCUT2D eigenvalue weighted by Gasteiger charge is -2.26. The van der Waals surface area contributed by atoms with Gasteiger partial charge in [0.2, 0.25) is 0 Å². The summed E-state index contributed by atoms with van der Waals surface area (Å²) in [5, 5.41) is 18.2. The molecule has 0 aromatic rings. The molecule has 0 fully saturated rings. The van der Waals surface area contributed by atoms with Gasteiger partial charge < -0.3 is 14.9 Å². The molecule has 5 heteroatoms. The van der Waals surface area contributed by atoms with E-state index < -0.39 is 18.4 Å². The van der Waals surface area contributed by atoms with Gasteiger partial charge in [-0.2, -0.15) is 0 Å². The number of nitrogens with zero attached hydrogens (tertiary/aromatic N) is 1. The van der Waals surface area contributed by atoms with Crippen molar-refractivity contribution in [3.05, 3.63) is 0 Å². The van der Waals surface area contributed by atoms with Crippen molar-refractivity contribution in [3.8, 4) is 0 Å². The molecular formula is C7H15NO4. The van der Waals surface area contributed by atoms with Crippen molar-refractivity contribution in [2.24, 2.45) is 0 Å². The van der Waals surface area contributed by atoms with Crippen molar-refractivity contribution < 1.29 is 19.7 Å². The molecule has 0 bridgehead atoms. The van der Waals surface area contributed by atoms with Crippen LogP contribution in [0.25, 0.3) is 0 Å². The van der Waals surface area contributed by atoms with Crippen LogP contribution in [0, 0.1) is 0 Å². The second-order valence-electron chi connectivity index (χ2n) is 2.51. The van der Waals surface area contributed by atoms with Crippen LogP contribution in [0.4, 0.5) is 0 Å². The van der Waals surface area contributed by atoms with E-state index in [9.17, 15) is 4.79 Å². The van der Waals surface area contributed by atoms with E-state index >= 15 is 0 Å². The maximum Gasteiger partial charge on any atom is 0.320 e. The first-order valence-electron chi connectivity index (χ1n) is 3.67. The Bertz CT molecular complexity index is 138. The number of hydrogen-bond acceptors (Lipinski definition) is 5. The third kappa shape index (κ3) is 3.66. The summed E-state index contributed by atoms with van der Waals surface area (Å²) in [5.41, 5.74) is 0. The van der Waals surface area contributed by atoms with Gasteiger partial charge in [-0.3, -0.25) is 4.79 Å². The van der Waals surface area contributed by atoms with Crippen LogP contribution >= 0.6 is 0 Å². The topological polar surface area (TPSA) is 70.0 Å². The molecule has 2 unspecified atom stereocenters. The van der Waals surface area contributed by atoms with Crippen LogP contribution in [0.1, 0.15) is 13.8 Å². The highest BCUT2D eigenvalue weighted by molar-refractivity contribution is 5.71. The first-order chi connectivity index (χ1) is 5.49. The molecule has 0 aromatic heterocycles. The van der Waals surface area contributed by atoms with Gasteiger partial charge in [0.1, 0.15) is 19.0 Å². The maximum absolute atomic E-state index is 10.7. The lowest BCUT2D eigenvalue weighted by molar-refractivity contribution is -0.152. The van der Waals surface area contributed by atoms with Gasteiger partial charge in [0, 0.05) is 0 Å². The van der Waals surface area contributed by atoms with E-state index in [-0.39, 0.29) is 6.54 Å². The molecule has 0 aliphatic rings. The smallest absolute Gasteiger partial charge is 0.320 e. The molecule has 12 heavy (non-hydrogen) atoms. The first-order valence-corrected chi connectivity index (χ1v) is 3.67. The van der Waals surface area contributed by atoms with E-state index in [2.05, 4.69) is 4.74 Å². The molecule has 0 saturated heterocycles. The molecule has 2 N–H and O–H groups in total. The number of carbonyl (C=O) groups is 1. The molecule has 0 radical (unpaired) electrons. The molecule has 0 rings (SSSR count). The Morgan fingerprint density at radius 2 is 1.83 bits per heavy atom. The number of aliphatic hydroxyl groups excluding tert-OH is 2. The summed E-state index contributed by atoms with van der Waals surface area (Å²) >= 11 is 0. The van der Waals surface area contributed by atoms with Crippen molar-refractivity contribution in [3.63, 3.8) is 0 Å². The standard InChI is InChI=1S/C7H15NO4/c1-5(9)8(6(2)10)4-7(11)12-3/h5-6,9-10H,4H2,1-3H3. The Kier molecular flexibility index (Phi) is 4.80. The SMILES string of the molecule is COC(=O)CN(C(C)O)C(C)O. The Hall–Kier alpha value is -0.650. The average Bonchev–Trinajstić information content (AvgIpc) is 1.98.